The molecule has 1 aromatic carbocycles. The van der Waals surface area contributed by atoms with Crippen molar-refractivity contribution in [3.63, 3.8) is 0 Å². The topological polar surface area (TPSA) is 29.1 Å². The molecule has 1 amide bonds. The molecule has 1 aliphatic rings. The average molecular weight is 207 g/mol. The van der Waals surface area contributed by atoms with Crippen LogP contribution in [0.5, 0.6) is 0 Å². The summed E-state index contributed by atoms with van der Waals surface area (Å²) in [5.74, 6) is -0.213. The number of amides is 1. The zero-order valence-corrected chi connectivity index (χ0v) is 8.88. The first-order chi connectivity index (χ1) is 7.02. The molecule has 2 atom stereocenters. The van der Waals surface area contributed by atoms with Gasteiger partial charge in [-0.1, -0.05) is 19.1 Å². The molecular weight excluding hydrogens is 193 g/mol. The second-order valence-corrected chi connectivity index (χ2v) is 4.39. The normalized spacial score (nSPS) is 30.3. The Hall–Kier alpha value is -1.38. The molecule has 15 heavy (non-hydrogen) atoms. The molecule has 1 aromatic rings. The quantitative estimate of drug-likeness (QED) is 0.749. The van der Waals surface area contributed by atoms with E-state index in [1.54, 1.807) is 6.07 Å². The van der Waals surface area contributed by atoms with E-state index in [0.29, 0.717) is 6.42 Å². The van der Waals surface area contributed by atoms with E-state index in [-0.39, 0.29) is 23.2 Å². The van der Waals surface area contributed by atoms with Crippen LogP contribution in [0.15, 0.2) is 24.3 Å². The predicted octanol–water partition coefficient (Wildman–Crippen LogP) is 1.99. The molecule has 1 N–H and O–H groups in total. The van der Waals surface area contributed by atoms with Gasteiger partial charge in [0.1, 0.15) is 5.82 Å². The maximum absolute atomic E-state index is 13.1. The Kier molecular flexibility index (Phi) is 2.25. The number of rotatable bonds is 1. The van der Waals surface area contributed by atoms with Crippen LogP contribution in [0.2, 0.25) is 0 Å². The largest absolute Gasteiger partial charge is 0.353 e. The fourth-order valence-corrected chi connectivity index (χ4v) is 2.13. The van der Waals surface area contributed by atoms with Crippen LogP contribution < -0.4 is 5.32 Å². The number of carbonyl (C=O) groups is 1. The average Bonchev–Trinajstić information content (AvgIpc) is 2.42. The molecule has 0 spiro atoms. The molecule has 1 fully saturated rings. The van der Waals surface area contributed by atoms with Crippen molar-refractivity contribution in [3.8, 4) is 0 Å². The number of nitrogens with one attached hydrogen (secondary N) is 1. The molecule has 0 saturated carbocycles. The molecule has 0 radical (unpaired) electrons. The summed E-state index contributed by atoms with van der Waals surface area (Å²) < 4.78 is 13.1. The van der Waals surface area contributed by atoms with Gasteiger partial charge in [-0.3, -0.25) is 4.79 Å². The molecule has 0 aliphatic carbocycles. The van der Waals surface area contributed by atoms with Crippen LogP contribution in [0.25, 0.3) is 0 Å². The lowest BCUT2D eigenvalue weighted by molar-refractivity contribution is -0.119. The van der Waals surface area contributed by atoms with E-state index in [9.17, 15) is 9.18 Å². The van der Waals surface area contributed by atoms with Gasteiger partial charge in [0.2, 0.25) is 5.91 Å². The predicted molar refractivity (Wildman–Crippen MR) is 56.0 cm³/mol. The van der Waals surface area contributed by atoms with Crippen molar-refractivity contribution in [3.05, 3.63) is 35.6 Å². The first-order valence-corrected chi connectivity index (χ1v) is 5.08. The van der Waals surface area contributed by atoms with Gasteiger partial charge in [-0.05, 0) is 24.6 Å². The van der Waals surface area contributed by atoms with Crippen LogP contribution in [0.3, 0.4) is 0 Å². The molecule has 0 bridgehead atoms. The number of carbonyl (C=O) groups excluding carboxylic acids is 1. The third-order valence-electron chi connectivity index (χ3n) is 3.35. The monoisotopic (exact) mass is 207 g/mol. The highest BCUT2D eigenvalue weighted by atomic mass is 19.1. The summed E-state index contributed by atoms with van der Waals surface area (Å²) in [4.78, 5) is 11.3. The lowest BCUT2D eigenvalue weighted by Gasteiger charge is -2.28. The highest BCUT2D eigenvalue weighted by Gasteiger charge is 2.41. The fourth-order valence-electron chi connectivity index (χ4n) is 2.13. The molecule has 1 aliphatic heterocycles. The molecular formula is C12H14FNO. The Bertz CT molecular complexity index is 404. The number of halogens is 1. The maximum Gasteiger partial charge on any atom is 0.221 e. The Labute approximate surface area is 88.5 Å². The third kappa shape index (κ3) is 1.62. The van der Waals surface area contributed by atoms with E-state index >= 15 is 0 Å². The highest BCUT2D eigenvalue weighted by molar-refractivity contribution is 5.81. The van der Waals surface area contributed by atoms with Gasteiger partial charge in [0.05, 0.1) is 0 Å². The van der Waals surface area contributed by atoms with Crippen molar-refractivity contribution in [1.82, 2.24) is 5.32 Å². The Morgan fingerprint density at radius 3 is 2.80 bits per heavy atom. The second-order valence-electron chi connectivity index (χ2n) is 4.39. The standard InChI is InChI=1S/C12H14FNO/c1-8-12(2,7-11(15)14-8)9-4-3-5-10(13)6-9/h3-6,8H,7H2,1-2H3,(H,14,15). The fraction of sp³-hybridized carbons (Fsp3) is 0.417. The van der Waals surface area contributed by atoms with Crippen molar-refractivity contribution < 1.29 is 9.18 Å². The molecule has 1 saturated heterocycles. The summed E-state index contributed by atoms with van der Waals surface area (Å²) in [6.07, 6.45) is 0.428. The molecule has 2 unspecified atom stereocenters. The smallest absolute Gasteiger partial charge is 0.221 e. The molecule has 0 aromatic heterocycles. The first kappa shape index (κ1) is 10.1. The Morgan fingerprint density at radius 2 is 2.27 bits per heavy atom. The zero-order valence-electron chi connectivity index (χ0n) is 8.88. The Balaban J connectivity index is 2.41. The number of benzene rings is 1. The first-order valence-electron chi connectivity index (χ1n) is 5.08. The van der Waals surface area contributed by atoms with Crippen molar-refractivity contribution in [2.24, 2.45) is 0 Å². The van der Waals surface area contributed by atoms with Gasteiger partial charge in [-0.25, -0.2) is 4.39 Å². The van der Waals surface area contributed by atoms with E-state index in [4.69, 9.17) is 0 Å². The van der Waals surface area contributed by atoms with Crippen LogP contribution in [-0.4, -0.2) is 11.9 Å². The summed E-state index contributed by atoms with van der Waals surface area (Å²) in [7, 11) is 0. The third-order valence-corrected chi connectivity index (χ3v) is 3.35. The summed E-state index contributed by atoms with van der Waals surface area (Å²) in [6.45, 7) is 3.94. The summed E-state index contributed by atoms with van der Waals surface area (Å²) in [5, 5.41) is 2.86. The van der Waals surface area contributed by atoms with Crippen LogP contribution in [0, 0.1) is 5.82 Å². The molecule has 3 heteroatoms. The molecule has 2 rings (SSSR count). The van der Waals surface area contributed by atoms with Gasteiger partial charge < -0.3 is 5.32 Å². The molecule has 2 nitrogen and oxygen atoms in total. The summed E-state index contributed by atoms with van der Waals surface area (Å²) in [6, 6.07) is 6.54. The van der Waals surface area contributed by atoms with Gasteiger partial charge in [-0.2, -0.15) is 0 Å². The lowest BCUT2D eigenvalue weighted by Crippen LogP contribution is -2.35. The van der Waals surface area contributed by atoms with Gasteiger partial charge in [0.15, 0.2) is 0 Å². The highest BCUT2D eigenvalue weighted by Crippen LogP contribution is 2.35. The SMILES string of the molecule is CC1NC(=O)CC1(C)c1cccc(F)c1. The number of hydrogen-bond acceptors (Lipinski definition) is 1. The van der Waals surface area contributed by atoms with Gasteiger partial charge >= 0.3 is 0 Å². The minimum absolute atomic E-state index is 0.0364. The van der Waals surface area contributed by atoms with Crippen molar-refractivity contribution in [1.29, 1.82) is 0 Å². The van der Waals surface area contributed by atoms with Crippen LogP contribution in [-0.2, 0) is 10.2 Å². The van der Waals surface area contributed by atoms with Gasteiger partial charge in [0.25, 0.3) is 0 Å². The van der Waals surface area contributed by atoms with Gasteiger partial charge in [0, 0.05) is 17.9 Å². The van der Waals surface area contributed by atoms with Crippen molar-refractivity contribution in [2.45, 2.75) is 31.7 Å². The molecule has 80 valence electrons. The van der Waals surface area contributed by atoms with E-state index < -0.39 is 0 Å². The number of hydrogen-bond donors (Lipinski definition) is 1. The lowest BCUT2D eigenvalue weighted by atomic mass is 9.77. The zero-order chi connectivity index (χ0) is 11.1. The second kappa shape index (κ2) is 3.33. The molecule has 1 heterocycles. The van der Waals surface area contributed by atoms with E-state index in [0.717, 1.165) is 5.56 Å². The Morgan fingerprint density at radius 1 is 1.53 bits per heavy atom. The van der Waals surface area contributed by atoms with E-state index in [1.807, 2.05) is 19.9 Å². The minimum Gasteiger partial charge on any atom is -0.353 e. The van der Waals surface area contributed by atoms with Crippen LogP contribution >= 0.6 is 0 Å². The summed E-state index contributed by atoms with van der Waals surface area (Å²) in [5.41, 5.74) is 0.590. The van der Waals surface area contributed by atoms with E-state index in [2.05, 4.69) is 5.32 Å². The minimum atomic E-state index is -0.292. The van der Waals surface area contributed by atoms with Gasteiger partial charge in [-0.15, -0.1) is 0 Å². The maximum atomic E-state index is 13.1. The van der Waals surface area contributed by atoms with Crippen LogP contribution in [0.4, 0.5) is 4.39 Å². The van der Waals surface area contributed by atoms with Crippen molar-refractivity contribution in [2.75, 3.05) is 0 Å². The van der Waals surface area contributed by atoms with Crippen LogP contribution in [0.1, 0.15) is 25.8 Å². The van der Waals surface area contributed by atoms with E-state index in [1.165, 1.54) is 12.1 Å². The van der Waals surface area contributed by atoms with Crippen molar-refractivity contribution >= 4 is 5.91 Å². The summed E-state index contributed by atoms with van der Waals surface area (Å²) >= 11 is 0.